The topological polar surface area (TPSA) is 42.0 Å². The first-order valence-electron chi connectivity index (χ1n) is 4.29. The fraction of sp³-hybridized carbons (Fsp3) is 0.400. The highest BCUT2D eigenvalue weighted by atomic mass is 16.1. The summed E-state index contributed by atoms with van der Waals surface area (Å²) in [7, 11) is 1.88. The highest BCUT2D eigenvalue weighted by Gasteiger charge is 2.04. The highest BCUT2D eigenvalue weighted by Crippen LogP contribution is 2.09. The average Bonchev–Trinajstić information content (AvgIpc) is 2.17. The van der Waals surface area contributed by atoms with Crippen LogP contribution in [0.3, 0.4) is 0 Å². The molecule has 1 aromatic heterocycles. The first-order chi connectivity index (χ1) is 6.15. The standard InChI is InChI=1S/C10H14N2O/c1-7(11-3)10-5-4-9(6-12-10)8(2)13/h4-7,11H,1-3H3/t7-/m1/s1. The second-order valence-electron chi connectivity index (χ2n) is 3.04. The molecule has 0 aliphatic rings. The normalized spacial score (nSPS) is 12.5. The molecule has 0 aliphatic carbocycles. The van der Waals surface area contributed by atoms with Crippen molar-refractivity contribution in [1.29, 1.82) is 0 Å². The molecule has 1 atom stereocenters. The molecule has 0 saturated carbocycles. The SMILES string of the molecule is CN[C@H](C)c1ccc(C(C)=O)cn1. The van der Waals surface area contributed by atoms with E-state index in [0.717, 1.165) is 5.69 Å². The second kappa shape index (κ2) is 4.14. The van der Waals surface area contributed by atoms with Gasteiger partial charge in [-0.1, -0.05) is 0 Å². The zero-order valence-electron chi connectivity index (χ0n) is 8.16. The summed E-state index contributed by atoms with van der Waals surface area (Å²) >= 11 is 0. The summed E-state index contributed by atoms with van der Waals surface area (Å²) in [6.45, 7) is 3.56. The lowest BCUT2D eigenvalue weighted by Crippen LogP contribution is -2.13. The fourth-order valence-corrected chi connectivity index (χ4v) is 1.02. The van der Waals surface area contributed by atoms with Crippen molar-refractivity contribution in [1.82, 2.24) is 10.3 Å². The van der Waals surface area contributed by atoms with Crippen molar-refractivity contribution < 1.29 is 4.79 Å². The van der Waals surface area contributed by atoms with Crippen LogP contribution in [0.25, 0.3) is 0 Å². The fourth-order valence-electron chi connectivity index (χ4n) is 1.02. The van der Waals surface area contributed by atoms with Crippen molar-refractivity contribution in [2.75, 3.05) is 7.05 Å². The molecule has 0 saturated heterocycles. The third-order valence-electron chi connectivity index (χ3n) is 2.07. The minimum absolute atomic E-state index is 0.0520. The molecule has 0 unspecified atom stereocenters. The number of rotatable bonds is 3. The van der Waals surface area contributed by atoms with E-state index in [0.29, 0.717) is 5.56 Å². The summed E-state index contributed by atoms with van der Waals surface area (Å²) in [5.74, 6) is 0.0520. The van der Waals surface area contributed by atoms with E-state index in [1.807, 2.05) is 20.0 Å². The molecule has 0 aromatic carbocycles. The van der Waals surface area contributed by atoms with E-state index >= 15 is 0 Å². The highest BCUT2D eigenvalue weighted by molar-refractivity contribution is 5.93. The van der Waals surface area contributed by atoms with Crippen LogP contribution >= 0.6 is 0 Å². The number of nitrogens with one attached hydrogen (secondary N) is 1. The van der Waals surface area contributed by atoms with E-state index in [2.05, 4.69) is 10.3 Å². The Morgan fingerprint density at radius 1 is 1.54 bits per heavy atom. The third-order valence-corrected chi connectivity index (χ3v) is 2.07. The van der Waals surface area contributed by atoms with Crippen molar-refractivity contribution >= 4 is 5.78 Å². The van der Waals surface area contributed by atoms with Gasteiger partial charge in [0.2, 0.25) is 0 Å². The molecule has 3 heteroatoms. The lowest BCUT2D eigenvalue weighted by atomic mass is 10.1. The number of ketones is 1. The van der Waals surface area contributed by atoms with Gasteiger partial charge in [0.25, 0.3) is 0 Å². The first kappa shape index (κ1) is 9.86. The van der Waals surface area contributed by atoms with Gasteiger partial charge in [0.1, 0.15) is 0 Å². The van der Waals surface area contributed by atoms with Gasteiger partial charge in [-0.05, 0) is 33.0 Å². The molecule has 0 spiro atoms. The van der Waals surface area contributed by atoms with Crippen LogP contribution in [0.1, 0.15) is 35.9 Å². The van der Waals surface area contributed by atoms with Crippen LogP contribution in [0.2, 0.25) is 0 Å². The molecule has 1 rings (SSSR count). The van der Waals surface area contributed by atoms with Gasteiger partial charge in [0, 0.05) is 17.8 Å². The number of carbonyl (C=O) groups excluding carboxylic acids is 1. The summed E-state index contributed by atoms with van der Waals surface area (Å²) in [5, 5.41) is 3.08. The number of nitrogens with zero attached hydrogens (tertiary/aromatic N) is 1. The Hall–Kier alpha value is -1.22. The predicted octanol–water partition coefficient (Wildman–Crippen LogP) is 1.56. The Morgan fingerprint density at radius 2 is 2.23 bits per heavy atom. The molecular weight excluding hydrogens is 164 g/mol. The lowest BCUT2D eigenvalue weighted by Gasteiger charge is -2.08. The lowest BCUT2D eigenvalue weighted by molar-refractivity contribution is 0.101. The Kier molecular flexibility index (Phi) is 3.14. The van der Waals surface area contributed by atoms with Crippen molar-refractivity contribution in [3.05, 3.63) is 29.6 Å². The van der Waals surface area contributed by atoms with Crippen molar-refractivity contribution in [3.8, 4) is 0 Å². The van der Waals surface area contributed by atoms with Gasteiger partial charge in [0.15, 0.2) is 5.78 Å². The van der Waals surface area contributed by atoms with Crippen molar-refractivity contribution in [2.24, 2.45) is 0 Å². The van der Waals surface area contributed by atoms with Gasteiger partial charge in [-0.25, -0.2) is 0 Å². The largest absolute Gasteiger partial charge is 0.312 e. The quantitative estimate of drug-likeness (QED) is 0.714. The average molecular weight is 178 g/mol. The third kappa shape index (κ3) is 2.36. The molecule has 0 aliphatic heterocycles. The van der Waals surface area contributed by atoms with Crippen molar-refractivity contribution in [2.45, 2.75) is 19.9 Å². The first-order valence-corrected chi connectivity index (χ1v) is 4.29. The number of Topliss-reactive ketones (excluding diaryl/α,β-unsaturated/α-hetero) is 1. The Bertz CT molecular complexity index is 292. The maximum absolute atomic E-state index is 10.9. The Morgan fingerprint density at radius 3 is 2.62 bits per heavy atom. The predicted molar refractivity (Wildman–Crippen MR) is 51.7 cm³/mol. The molecule has 3 nitrogen and oxygen atoms in total. The number of carbonyl (C=O) groups is 1. The Balaban J connectivity index is 2.87. The smallest absolute Gasteiger partial charge is 0.161 e. The van der Waals surface area contributed by atoms with Crippen LogP contribution in [-0.2, 0) is 0 Å². The van der Waals surface area contributed by atoms with E-state index in [-0.39, 0.29) is 11.8 Å². The van der Waals surface area contributed by atoms with E-state index in [1.165, 1.54) is 6.92 Å². The minimum atomic E-state index is 0.0520. The summed E-state index contributed by atoms with van der Waals surface area (Å²) in [6, 6.07) is 3.90. The summed E-state index contributed by atoms with van der Waals surface area (Å²) in [4.78, 5) is 15.1. The van der Waals surface area contributed by atoms with Gasteiger partial charge >= 0.3 is 0 Å². The number of pyridine rings is 1. The zero-order valence-corrected chi connectivity index (χ0v) is 8.16. The molecule has 0 amide bonds. The van der Waals surface area contributed by atoms with Crippen LogP contribution in [-0.4, -0.2) is 17.8 Å². The van der Waals surface area contributed by atoms with E-state index in [9.17, 15) is 4.79 Å². The number of aromatic nitrogens is 1. The van der Waals surface area contributed by atoms with E-state index in [1.54, 1.807) is 12.3 Å². The van der Waals surface area contributed by atoms with Gasteiger partial charge in [0.05, 0.1) is 5.69 Å². The number of hydrogen-bond donors (Lipinski definition) is 1. The molecule has 0 fully saturated rings. The molecule has 70 valence electrons. The van der Waals surface area contributed by atoms with Gasteiger partial charge in [-0.2, -0.15) is 0 Å². The van der Waals surface area contributed by atoms with Crippen LogP contribution in [0.5, 0.6) is 0 Å². The maximum Gasteiger partial charge on any atom is 0.161 e. The van der Waals surface area contributed by atoms with E-state index in [4.69, 9.17) is 0 Å². The summed E-state index contributed by atoms with van der Waals surface area (Å²) < 4.78 is 0. The molecule has 0 bridgehead atoms. The summed E-state index contributed by atoms with van der Waals surface area (Å²) in [5.41, 5.74) is 1.61. The van der Waals surface area contributed by atoms with Crippen LogP contribution in [0, 0.1) is 0 Å². The maximum atomic E-state index is 10.9. The van der Waals surface area contributed by atoms with Gasteiger partial charge in [-0.15, -0.1) is 0 Å². The van der Waals surface area contributed by atoms with Gasteiger partial charge in [-0.3, -0.25) is 9.78 Å². The zero-order chi connectivity index (χ0) is 9.84. The van der Waals surface area contributed by atoms with Crippen LogP contribution in [0.15, 0.2) is 18.3 Å². The molecule has 0 radical (unpaired) electrons. The number of hydrogen-bond acceptors (Lipinski definition) is 3. The van der Waals surface area contributed by atoms with Crippen molar-refractivity contribution in [3.63, 3.8) is 0 Å². The molecule has 13 heavy (non-hydrogen) atoms. The molecular formula is C10H14N2O. The van der Waals surface area contributed by atoms with Gasteiger partial charge < -0.3 is 5.32 Å². The monoisotopic (exact) mass is 178 g/mol. The van der Waals surface area contributed by atoms with Crippen LogP contribution < -0.4 is 5.32 Å². The minimum Gasteiger partial charge on any atom is -0.312 e. The second-order valence-corrected chi connectivity index (χ2v) is 3.04. The Labute approximate surface area is 78.2 Å². The van der Waals surface area contributed by atoms with Crippen LogP contribution in [0.4, 0.5) is 0 Å². The van der Waals surface area contributed by atoms with E-state index < -0.39 is 0 Å². The summed E-state index contributed by atoms with van der Waals surface area (Å²) in [6.07, 6.45) is 1.62. The molecule has 1 N–H and O–H groups in total. The molecule has 1 heterocycles. The molecule has 1 aromatic rings.